The lowest BCUT2D eigenvalue weighted by atomic mass is 10.2. The van der Waals surface area contributed by atoms with Gasteiger partial charge in [-0.3, -0.25) is 14.9 Å². The number of nitro groups is 1. The third-order valence-electron chi connectivity index (χ3n) is 3.46. The zero-order chi connectivity index (χ0) is 16.3. The summed E-state index contributed by atoms with van der Waals surface area (Å²) < 4.78 is 1.33. The summed E-state index contributed by atoms with van der Waals surface area (Å²) in [5, 5.41) is 15.2. The molecule has 23 heavy (non-hydrogen) atoms. The Bertz CT molecular complexity index is 703. The van der Waals surface area contributed by atoms with Crippen LogP contribution in [-0.4, -0.2) is 45.1 Å². The number of likely N-dealkylation sites (N-methyl/N-ethyl adjacent to an activating group) is 1. The minimum atomic E-state index is -0.485. The van der Waals surface area contributed by atoms with Crippen molar-refractivity contribution in [3.63, 3.8) is 0 Å². The maximum absolute atomic E-state index is 12.3. The van der Waals surface area contributed by atoms with Gasteiger partial charge in [-0.2, -0.15) is 5.10 Å². The van der Waals surface area contributed by atoms with Gasteiger partial charge in [-0.15, -0.1) is 12.4 Å². The lowest BCUT2D eigenvalue weighted by Crippen LogP contribution is -2.39. The van der Waals surface area contributed by atoms with Crippen molar-refractivity contribution < 1.29 is 9.72 Å². The average molecular weight is 340 g/mol. The van der Waals surface area contributed by atoms with Gasteiger partial charge in [0, 0.05) is 31.9 Å². The van der Waals surface area contributed by atoms with Crippen molar-refractivity contribution >= 4 is 24.0 Å². The monoisotopic (exact) mass is 339 g/mol. The van der Waals surface area contributed by atoms with Crippen LogP contribution < -0.4 is 5.73 Å². The van der Waals surface area contributed by atoms with Crippen LogP contribution in [0.1, 0.15) is 17.4 Å². The Morgan fingerprint density at radius 2 is 2.09 bits per heavy atom. The summed E-state index contributed by atoms with van der Waals surface area (Å²) in [5.74, 6) is -0.282. The molecule has 2 N–H and O–H groups in total. The van der Waals surface area contributed by atoms with Crippen molar-refractivity contribution in [1.29, 1.82) is 0 Å². The summed E-state index contributed by atoms with van der Waals surface area (Å²) in [6.07, 6.45) is 1.52. The zero-order valence-corrected chi connectivity index (χ0v) is 13.6. The standard InChI is InChI=1S/C14H17N5O3.ClH/c1-10(9-15)17(2)14(20)11-7-8-18(16-11)12-5-3-4-6-13(12)19(21)22;/h3-8,10H,9,15H2,1-2H3;1H. The number of aromatic nitrogens is 2. The summed E-state index contributed by atoms with van der Waals surface area (Å²) in [6, 6.07) is 7.62. The van der Waals surface area contributed by atoms with Crippen molar-refractivity contribution in [2.75, 3.05) is 13.6 Å². The molecule has 0 saturated carbocycles. The molecule has 1 atom stereocenters. The van der Waals surface area contributed by atoms with Crippen molar-refractivity contribution in [3.05, 3.63) is 52.3 Å². The lowest BCUT2D eigenvalue weighted by Gasteiger charge is -2.22. The topological polar surface area (TPSA) is 107 Å². The number of benzene rings is 1. The molecule has 1 amide bonds. The van der Waals surface area contributed by atoms with Crippen LogP contribution in [0.25, 0.3) is 5.69 Å². The van der Waals surface area contributed by atoms with Gasteiger partial charge in [-0.05, 0) is 19.1 Å². The summed E-state index contributed by atoms with van der Waals surface area (Å²) >= 11 is 0. The van der Waals surface area contributed by atoms with E-state index in [-0.39, 0.29) is 35.7 Å². The highest BCUT2D eigenvalue weighted by Crippen LogP contribution is 2.21. The number of hydrogen-bond acceptors (Lipinski definition) is 5. The van der Waals surface area contributed by atoms with Gasteiger partial charge in [-0.1, -0.05) is 12.1 Å². The molecule has 0 aliphatic heterocycles. The van der Waals surface area contributed by atoms with Gasteiger partial charge < -0.3 is 10.6 Å². The Balaban J connectivity index is 0.00000264. The molecule has 0 aliphatic rings. The molecular formula is C14H18ClN5O3. The molecule has 8 nitrogen and oxygen atoms in total. The number of rotatable bonds is 5. The van der Waals surface area contributed by atoms with E-state index in [4.69, 9.17) is 5.73 Å². The Morgan fingerprint density at radius 3 is 2.70 bits per heavy atom. The van der Waals surface area contributed by atoms with E-state index in [9.17, 15) is 14.9 Å². The highest BCUT2D eigenvalue weighted by Gasteiger charge is 2.21. The van der Waals surface area contributed by atoms with Gasteiger partial charge >= 0.3 is 0 Å². The minimum absolute atomic E-state index is 0. The molecule has 124 valence electrons. The number of hydrogen-bond donors (Lipinski definition) is 1. The first-order chi connectivity index (χ1) is 10.5. The maximum Gasteiger partial charge on any atom is 0.294 e. The lowest BCUT2D eigenvalue weighted by molar-refractivity contribution is -0.384. The predicted octanol–water partition coefficient (Wildman–Crippen LogP) is 1.62. The van der Waals surface area contributed by atoms with E-state index in [0.29, 0.717) is 12.2 Å². The molecule has 0 aliphatic carbocycles. The summed E-state index contributed by atoms with van der Waals surface area (Å²) in [7, 11) is 1.64. The van der Waals surface area contributed by atoms with Crippen LogP contribution in [0.4, 0.5) is 5.69 Å². The van der Waals surface area contributed by atoms with Crippen LogP contribution in [-0.2, 0) is 0 Å². The van der Waals surface area contributed by atoms with E-state index in [1.165, 1.54) is 27.9 Å². The molecule has 0 bridgehead atoms. The summed E-state index contributed by atoms with van der Waals surface area (Å²) in [5.41, 5.74) is 5.98. The number of para-hydroxylation sites is 2. The molecule has 1 aromatic heterocycles. The summed E-state index contributed by atoms with van der Waals surface area (Å²) in [4.78, 5) is 24.3. The highest BCUT2D eigenvalue weighted by molar-refractivity contribution is 5.92. The third-order valence-corrected chi connectivity index (χ3v) is 3.46. The molecule has 1 aromatic carbocycles. The van der Waals surface area contributed by atoms with E-state index in [0.717, 1.165) is 0 Å². The first-order valence-corrected chi connectivity index (χ1v) is 6.72. The van der Waals surface area contributed by atoms with Gasteiger partial charge in [-0.25, -0.2) is 4.68 Å². The SMILES string of the molecule is CC(CN)N(C)C(=O)c1ccn(-c2ccccc2[N+](=O)[O-])n1.Cl. The van der Waals surface area contributed by atoms with Gasteiger partial charge in [0.05, 0.1) is 4.92 Å². The second-order valence-electron chi connectivity index (χ2n) is 4.89. The third kappa shape index (κ3) is 3.85. The van der Waals surface area contributed by atoms with E-state index in [2.05, 4.69) is 5.10 Å². The second-order valence-corrected chi connectivity index (χ2v) is 4.89. The van der Waals surface area contributed by atoms with Crippen molar-refractivity contribution in [2.45, 2.75) is 13.0 Å². The molecule has 2 rings (SSSR count). The average Bonchev–Trinajstić information content (AvgIpc) is 3.02. The number of amides is 1. The minimum Gasteiger partial charge on any atom is -0.336 e. The first-order valence-electron chi connectivity index (χ1n) is 6.72. The van der Waals surface area contributed by atoms with Gasteiger partial charge in [0.1, 0.15) is 5.69 Å². The molecule has 0 fully saturated rings. The second kappa shape index (κ2) is 7.70. The Labute approximate surface area is 139 Å². The van der Waals surface area contributed by atoms with E-state index in [1.54, 1.807) is 25.2 Å². The normalized spacial score (nSPS) is 11.4. The van der Waals surface area contributed by atoms with Crippen LogP contribution in [0.15, 0.2) is 36.5 Å². The number of nitrogens with two attached hydrogens (primary N) is 1. The van der Waals surface area contributed by atoms with Crippen LogP contribution in [0.3, 0.4) is 0 Å². The zero-order valence-electron chi connectivity index (χ0n) is 12.7. The Morgan fingerprint density at radius 1 is 1.43 bits per heavy atom. The Hall–Kier alpha value is -2.45. The van der Waals surface area contributed by atoms with Crippen molar-refractivity contribution in [3.8, 4) is 5.69 Å². The molecule has 1 unspecified atom stereocenters. The fourth-order valence-electron chi connectivity index (χ4n) is 1.92. The van der Waals surface area contributed by atoms with Crippen LogP contribution in [0, 0.1) is 10.1 Å². The fraction of sp³-hybridized carbons (Fsp3) is 0.286. The molecule has 1 heterocycles. The van der Waals surface area contributed by atoms with E-state index < -0.39 is 4.92 Å². The molecule has 2 aromatic rings. The number of halogens is 1. The van der Waals surface area contributed by atoms with E-state index >= 15 is 0 Å². The maximum atomic E-state index is 12.3. The number of nitro benzene ring substituents is 1. The van der Waals surface area contributed by atoms with Gasteiger partial charge in [0.25, 0.3) is 11.6 Å². The predicted molar refractivity (Wildman–Crippen MR) is 88.1 cm³/mol. The number of carbonyl (C=O) groups is 1. The van der Waals surface area contributed by atoms with E-state index in [1.807, 2.05) is 6.92 Å². The molecule has 0 radical (unpaired) electrons. The number of nitrogens with zero attached hydrogens (tertiary/aromatic N) is 4. The molecule has 0 saturated heterocycles. The molecule has 0 spiro atoms. The number of carbonyl (C=O) groups excluding carboxylic acids is 1. The highest BCUT2D eigenvalue weighted by atomic mass is 35.5. The van der Waals surface area contributed by atoms with Gasteiger partial charge in [0.2, 0.25) is 0 Å². The summed E-state index contributed by atoms with van der Waals surface area (Å²) in [6.45, 7) is 2.17. The Kier molecular flexibility index (Phi) is 6.23. The van der Waals surface area contributed by atoms with Gasteiger partial charge in [0.15, 0.2) is 5.69 Å². The van der Waals surface area contributed by atoms with Crippen molar-refractivity contribution in [2.24, 2.45) is 5.73 Å². The van der Waals surface area contributed by atoms with Crippen molar-refractivity contribution in [1.82, 2.24) is 14.7 Å². The van der Waals surface area contributed by atoms with Crippen LogP contribution in [0.2, 0.25) is 0 Å². The quantitative estimate of drug-likeness (QED) is 0.658. The van der Waals surface area contributed by atoms with Crippen LogP contribution >= 0.6 is 12.4 Å². The largest absolute Gasteiger partial charge is 0.336 e. The smallest absolute Gasteiger partial charge is 0.294 e. The first kappa shape index (κ1) is 18.6. The fourth-order valence-corrected chi connectivity index (χ4v) is 1.92. The molecule has 9 heteroatoms. The molecular weight excluding hydrogens is 322 g/mol. The van der Waals surface area contributed by atoms with Crippen LogP contribution in [0.5, 0.6) is 0 Å².